The molecule has 0 unspecified atom stereocenters. The lowest BCUT2D eigenvalue weighted by Gasteiger charge is -2.13. The number of imide groups is 1. The highest BCUT2D eigenvalue weighted by molar-refractivity contribution is 6.46. The second-order valence-corrected chi connectivity index (χ2v) is 6.97. The fourth-order valence-electron chi connectivity index (χ4n) is 2.42. The van der Waals surface area contributed by atoms with Crippen LogP contribution in [0, 0.1) is 11.3 Å². The van der Waals surface area contributed by atoms with Gasteiger partial charge in [-0.15, -0.1) is 0 Å². The number of carbonyl (C=O) groups excluding carboxylic acids is 1. The molecule has 2 aromatic rings. The number of hydrogen-bond donors (Lipinski definition) is 3. The van der Waals surface area contributed by atoms with E-state index in [9.17, 15) is 14.4 Å². The van der Waals surface area contributed by atoms with E-state index in [1.807, 2.05) is 0 Å². The lowest BCUT2D eigenvalue weighted by Crippen LogP contribution is -2.34. The molecular formula is C18H13Cl2N5O5. The minimum atomic E-state index is -1.62. The predicted molar refractivity (Wildman–Crippen MR) is 108 cm³/mol. The van der Waals surface area contributed by atoms with E-state index in [-0.39, 0.29) is 33.1 Å². The number of rotatable bonds is 6. The zero-order valence-electron chi connectivity index (χ0n) is 15.1. The summed E-state index contributed by atoms with van der Waals surface area (Å²) in [6.07, 6.45) is 1.83. The van der Waals surface area contributed by atoms with Gasteiger partial charge in [-0.05, 0) is 31.0 Å². The highest BCUT2D eigenvalue weighted by Crippen LogP contribution is 2.39. The van der Waals surface area contributed by atoms with Gasteiger partial charge in [-0.2, -0.15) is 10.4 Å². The third kappa shape index (κ3) is 5.08. The molecule has 1 aromatic heterocycles. The number of pyridine rings is 1. The van der Waals surface area contributed by atoms with Gasteiger partial charge < -0.3 is 14.4 Å². The van der Waals surface area contributed by atoms with Crippen LogP contribution in [-0.2, 0) is 4.79 Å². The lowest BCUT2D eigenvalue weighted by molar-refractivity contribution is -0.114. The molecule has 2 amide bonds. The number of anilines is 1. The number of hydrogen-bond acceptors (Lipinski definition) is 7. The zero-order chi connectivity index (χ0) is 21.8. The molecule has 0 spiro atoms. The minimum absolute atomic E-state index is 0.0952. The number of amides is 2. The summed E-state index contributed by atoms with van der Waals surface area (Å²) in [7, 11) is 0. The second-order valence-electron chi connectivity index (χ2n) is 6.16. The van der Waals surface area contributed by atoms with Gasteiger partial charge in [0.2, 0.25) is 5.71 Å². The Morgan fingerprint density at radius 3 is 2.50 bits per heavy atom. The molecule has 0 aliphatic heterocycles. The zero-order valence-corrected chi connectivity index (χ0v) is 16.6. The Balaban J connectivity index is 1.79. The van der Waals surface area contributed by atoms with Crippen LogP contribution in [0.3, 0.4) is 0 Å². The lowest BCUT2D eigenvalue weighted by atomic mass is 10.3. The van der Waals surface area contributed by atoms with Gasteiger partial charge in [0, 0.05) is 12.1 Å². The number of nitrogens with zero attached hydrogens (tertiary/aromatic N) is 3. The van der Waals surface area contributed by atoms with Crippen LogP contribution in [0.4, 0.5) is 10.5 Å². The highest BCUT2D eigenvalue weighted by Gasteiger charge is 2.24. The van der Waals surface area contributed by atoms with Crippen molar-refractivity contribution in [1.82, 2.24) is 9.88 Å². The molecule has 3 N–H and O–H groups in total. The van der Waals surface area contributed by atoms with E-state index >= 15 is 0 Å². The molecule has 0 atom stereocenters. The van der Waals surface area contributed by atoms with Crippen LogP contribution in [0.15, 0.2) is 40.4 Å². The van der Waals surface area contributed by atoms with Crippen molar-refractivity contribution in [3.63, 3.8) is 0 Å². The van der Waals surface area contributed by atoms with Crippen LogP contribution in [0.2, 0.25) is 10.0 Å². The first kappa shape index (κ1) is 21.2. The highest BCUT2D eigenvalue weighted by atomic mass is 35.5. The number of carboxylic acid groups (broad SMARTS) is 1. The van der Waals surface area contributed by atoms with Gasteiger partial charge in [-0.25, -0.2) is 4.79 Å². The summed E-state index contributed by atoms with van der Waals surface area (Å²) < 4.78 is 7.32. The molecule has 12 heteroatoms. The largest absolute Gasteiger partial charge is 0.465 e. The summed E-state index contributed by atoms with van der Waals surface area (Å²) in [6, 6.07) is 7.30. The number of halogens is 2. The van der Waals surface area contributed by atoms with E-state index in [1.54, 1.807) is 10.8 Å². The molecule has 0 bridgehead atoms. The minimum Gasteiger partial charge on any atom is -0.465 e. The topological polar surface area (TPSA) is 146 Å². The summed E-state index contributed by atoms with van der Waals surface area (Å²) in [4.78, 5) is 33.9. The van der Waals surface area contributed by atoms with Crippen molar-refractivity contribution < 1.29 is 19.4 Å². The second kappa shape index (κ2) is 8.86. The fourth-order valence-corrected chi connectivity index (χ4v) is 2.99. The van der Waals surface area contributed by atoms with Crippen LogP contribution < -0.4 is 21.0 Å². The van der Waals surface area contributed by atoms with Gasteiger partial charge in [0.05, 0.1) is 21.9 Å². The van der Waals surface area contributed by atoms with Crippen molar-refractivity contribution in [1.29, 1.82) is 5.26 Å². The summed E-state index contributed by atoms with van der Waals surface area (Å²) in [6.45, 7) is 0. The molecule has 1 aromatic carbocycles. The standard InChI is InChI=1S/C18H13Cl2N5O5/c19-12-5-9(23-24-14(7-21)17(27)22-18(28)29)6-13(20)16(12)30-11-3-4-15(26)25(8-11)10-1-2-10/h3-6,8,10,23H,1-2H2,(H,22,27)(H,28,29)/b24-14+. The Hall–Kier alpha value is -3.55. The smallest absolute Gasteiger partial charge is 0.411 e. The predicted octanol–water partition coefficient (Wildman–Crippen LogP) is 3.37. The monoisotopic (exact) mass is 449 g/mol. The number of carbonyl (C=O) groups is 2. The Kier molecular flexibility index (Phi) is 6.25. The first-order chi connectivity index (χ1) is 14.3. The van der Waals surface area contributed by atoms with Crippen molar-refractivity contribution in [2.24, 2.45) is 5.10 Å². The molecule has 1 aliphatic carbocycles. The number of nitriles is 1. The number of nitrogens with one attached hydrogen (secondary N) is 2. The third-order valence-electron chi connectivity index (χ3n) is 3.91. The molecule has 1 aliphatic rings. The first-order valence-electron chi connectivity index (χ1n) is 8.45. The Morgan fingerprint density at radius 1 is 1.27 bits per heavy atom. The van der Waals surface area contributed by atoms with Crippen molar-refractivity contribution in [3.05, 3.63) is 50.9 Å². The van der Waals surface area contributed by atoms with Crippen molar-refractivity contribution in [3.8, 4) is 17.6 Å². The number of ether oxygens (including phenoxy) is 1. The molecule has 10 nitrogen and oxygen atoms in total. The van der Waals surface area contributed by atoms with Crippen molar-refractivity contribution >= 4 is 46.6 Å². The molecule has 1 saturated carbocycles. The number of hydrazone groups is 1. The van der Waals surface area contributed by atoms with Gasteiger partial charge in [-0.1, -0.05) is 23.2 Å². The first-order valence-corrected chi connectivity index (χ1v) is 9.21. The van der Waals surface area contributed by atoms with Gasteiger partial charge >= 0.3 is 6.09 Å². The van der Waals surface area contributed by atoms with Crippen molar-refractivity contribution in [2.75, 3.05) is 5.43 Å². The summed E-state index contributed by atoms with van der Waals surface area (Å²) in [5.74, 6) is -0.681. The molecule has 3 rings (SSSR count). The van der Waals surface area contributed by atoms with Crippen LogP contribution >= 0.6 is 23.2 Å². The maximum absolute atomic E-state index is 11.9. The quantitative estimate of drug-likeness (QED) is 0.452. The van der Waals surface area contributed by atoms with E-state index in [0.717, 1.165) is 12.8 Å². The Morgan fingerprint density at radius 2 is 1.93 bits per heavy atom. The Bertz CT molecular complexity index is 1130. The number of benzene rings is 1. The Labute approximate surface area is 179 Å². The normalized spacial score (nSPS) is 13.3. The molecular weight excluding hydrogens is 437 g/mol. The molecule has 1 heterocycles. The SMILES string of the molecule is N#C/C(=N\Nc1cc(Cl)c(Oc2ccc(=O)n(C3CC3)c2)c(Cl)c1)C(=O)NC(=O)O. The van der Waals surface area contributed by atoms with Gasteiger partial charge in [0.1, 0.15) is 11.8 Å². The van der Waals surface area contributed by atoms with E-state index in [1.165, 1.54) is 35.7 Å². The summed E-state index contributed by atoms with van der Waals surface area (Å²) in [5.41, 5.74) is 1.78. The van der Waals surface area contributed by atoms with E-state index < -0.39 is 17.7 Å². The summed E-state index contributed by atoms with van der Waals surface area (Å²) >= 11 is 12.4. The number of aromatic nitrogens is 1. The molecule has 154 valence electrons. The van der Waals surface area contributed by atoms with Gasteiger partial charge in [0.25, 0.3) is 11.5 Å². The van der Waals surface area contributed by atoms with Crippen LogP contribution in [0.5, 0.6) is 11.5 Å². The molecule has 0 saturated heterocycles. The molecule has 30 heavy (non-hydrogen) atoms. The fraction of sp³-hybridized carbons (Fsp3) is 0.167. The van der Waals surface area contributed by atoms with E-state index in [4.69, 9.17) is 38.3 Å². The molecule has 1 fully saturated rings. The van der Waals surface area contributed by atoms with Crippen LogP contribution in [0.1, 0.15) is 18.9 Å². The maximum atomic E-state index is 11.9. The van der Waals surface area contributed by atoms with E-state index in [2.05, 4.69) is 10.5 Å². The van der Waals surface area contributed by atoms with Crippen LogP contribution in [-0.4, -0.2) is 27.4 Å². The third-order valence-corrected chi connectivity index (χ3v) is 4.47. The molecule has 0 radical (unpaired) electrons. The average Bonchev–Trinajstić information content (AvgIpc) is 3.51. The van der Waals surface area contributed by atoms with Gasteiger partial charge in [0.15, 0.2) is 5.75 Å². The van der Waals surface area contributed by atoms with Crippen LogP contribution in [0.25, 0.3) is 0 Å². The van der Waals surface area contributed by atoms with Gasteiger partial charge in [-0.3, -0.25) is 20.3 Å². The maximum Gasteiger partial charge on any atom is 0.411 e. The average molecular weight is 450 g/mol. The van der Waals surface area contributed by atoms with Crippen molar-refractivity contribution in [2.45, 2.75) is 18.9 Å². The van der Waals surface area contributed by atoms with E-state index in [0.29, 0.717) is 5.75 Å². The summed E-state index contributed by atoms with van der Waals surface area (Å²) in [5, 5.41) is 22.7.